The first-order valence-electron chi connectivity index (χ1n) is 9.57. The fourth-order valence-electron chi connectivity index (χ4n) is 3.90. The SMILES string of the molecule is Cc1cc(C)c(-c2[nH][nH]c(=O)c2C)cc1C(=O)N1CC(c2ccc(C#N)cc2)C1. The molecular weight excluding hydrogens is 364 g/mol. The van der Waals surface area contributed by atoms with E-state index in [4.69, 9.17) is 5.26 Å². The number of likely N-dealkylation sites (tertiary alicyclic amines) is 1. The number of hydrogen-bond donors (Lipinski definition) is 2. The van der Waals surface area contributed by atoms with Crippen LogP contribution in [0.4, 0.5) is 0 Å². The Hall–Kier alpha value is -3.59. The zero-order chi connectivity index (χ0) is 20.7. The number of amides is 1. The molecule has 0 unspecified atom stereocenters. The van der Waals surface area contributed by atoms with Gasteiger partial charge in [-0.25, -0.2) is 0 Å². The molecule has 0 atom stereocenters. The van der Waals surface area contributed by atoms with Crippen molar-refractivity contribution in [1.82, 2.24) is 15.1 Å². The van der Waals surface area contributed by atoms with Crippen molar-refractivity contribution in [1.29, 1.82) is 5.26 Å². The lowest BCUT2D eigenvalue weighted by atomic mass is 9.89. The van der Waals surface area contributed by atoms with E-state index in [2.05, 4.69) is 16.3 Å². The quantitative estimate of drug-likeness (QED) is 0.722. The van der Waals surface area contributed by atoms with E-state index < -0.39 is 0 Å². The van der Waals surface area contributed by atoms with E-state index in [1.165, 1.54) is 0 Å². The van der Waals surface area contributed by atoms with E-state index in [0.717, 1.165) is 27.9 Å². The molecule has 6 heteroatoms. The minimum atomic E-state index is -0.152. The zero-order valence-electron chi connectivity index (χ0n) is 16.7. The molecule has 0 aliphatic carbocycles. The topological polar surface area (TPSA) is 92.8 Å². The van der Waals surface area contributed by atoms with Crippen LogP contribution in [-0.2, 0) is 0 Å². The maximum atomic E-state index is 13.1. The normalized spacial score (nSPS) is 13.8. The third-order valence-corrected chi connectivity index (χ3v) is 5.77. The zero-order valence-corrected chi connectivity index (χ0v) is 16.7. The minimum Gasteiger partial charge on any atom is -0.337 e. The Morgan fingerprint density at radius 3 is 2.34 bits per heavy atom. The standard InChI is InChI=1S/C23H22N4O2/c1-13-8-14(2)20(9-19(13)21-15(3)22(28)26-25-21)23(29)27-11-18(12-27)17-6-4-16(10-24)5-7-17/h4-9,18H,11-12H2,1-3H3,(H2,25,26,28). The number of nitriles is 1. The van der Waals surface area contributed by atoms with Crippen LogP contribution in [0.5, 0.6) is 0 Å². The summed E-state index contributed by atoms with van der Waals surface area (Å²) in [6.45, 7) is 7.00. The molecule has 1 aliphatic heterocycles. The summed E-state index contributed by atoms with van der Waals surface area (Å²) in [5.41, 5.74) is 6.42. The summed E-state index contributed by atoms with van der Waals surface area (Å²) in [4.78, 5) is 26.8. The summed E-state index contributed by atoms with van der Waals surface area (Å²) in [7, 11) is 0. The number of carbonyl (C=O) groups excluding carboxylic acids is 1. The number of benzene rings is 2. The van der Waals surface area contributed by atoms with E-state index in [0.29, 0.717) is 35.7 Å². The summed E-state index contributed by atoms with van der Waals surface area (Å²) in [6.07, 6.45) is 0. The molecule has 2 aromatic carbocycles. The molecule has 0 saturated carbocycles. The Balaban J connectivity index is 1.56. The Morgan fingerprint density at radius 1 is 1.07 bits per heavy atom. The maximum absolute atomic E-state index is 13.1. The molecular formula is C23H22N4O2. The highest BCUT2D eigenvalue weighted by Gasteiger charge is 2.33. The Morgan fingerprint density at radius 2 is 1.76 bits per heavy atom. The van der Waals surface area contributed by atoms with Crippen LogP contribution in [0.1, 0.15) is 44.1 Å². The highest BCUT2D eigenvalue weighted by molar-refractivity contribution is 5.97. The largest absolute Gasteiger partial charge is 0.337 e. The molecule has 1 aliphatic rings. The monoisotopic (exact) mass is 386 g/mol. The number of nitrogens with zero attached hydrogens (tertiary/aromatic N) is 2. The van der Waals surface area contributed by atoms with E-state index in [1.54, 1.807) is 6.92 Å². The first-order valence-corrected chi connectivity index (χ1v) is 9.57. The molecule has 1 saturated heterocycles. The molecule has 6 nitrogen and oxygen atoms in total. The average molecular weight is 386 g/mol. The van der Waals surface area contributed by atoms with Gasteiger partial charge >= 0.3 is 0 Å². The van der Waals surface area contributed by atoms with Crippen LogP contribution in [0.15, 0.2) is 41.2 Å². The molecule has 1 fully saturated rings. The lowest BCUT2D eigenvalue weighted by Crippen LogP contribution is -2.48. The van der Waals surface area contributed by atoms with Crippen LogP contribution in [0.3, 0.4) is 0 Å². The van der Waals surface area contributed by atoms with Gasteiger partial charge in [-0.1, -0.05) is 18.2 Å². The van der Waals surface area contributed by atoms with E-state index in [9.17, 15) is 9.59 Å². The van der Waals surface area contributed by atoms with Crippen molar-refractivity contribution in [2.75, 3.05) is 13.1 Å². The highest BCUT2D eigenvalue weighted by Crippen LogP contribution is 2.31. The molecule has 1 aromatic heterocycles. The molecule has 4 rings (SSSR count). The number of aromatic amines is 2. The van der Waals surface area contributed by atoms with Crippen molar-refractivity contribution >= 4 is 5.91 Å². The van der Waals surface area contributed by atoms with Gasteiger partial charge in [0.2, 0.25) is 0 Å². The van der Waals surface area contributed by atoms with Gasteiger partial charge in [0.25, 0.3) is 11.5 Å². The second-order valence-corrected chi connectivity index (χ2v) is 7.70. The van der Waals surface area contributed by atoms with Crippen molar-refractivity contribution in [2.24, 2.45) is 0 Å². The van der Waals surface area contributed by atoms with Crippen LogP contribution < -0.4 is 5.56 Å². The smallest absolute Gasteiger partial charge is 0.267 e. The van der Waals surface area contributed by atoms with Crippen molar-refractivity contribution in [3.05, 3.63) is 80.1 Å². The molecule has 0 bridgehead atoms. The first-order chi connectivity index (χ1) is 13.9. The predicted molar refractivity (Wildman–Crippen MR) is 111 cm³/mol. The summed E-state index contributed by atoms with van der Waals surface area (Å²) >= 11 is 0. The van der Waals surface area contributed by atoms with Gasteiger partial charge < -0.3 is 4.90 Å². The van der Waals surface area contributed by atoms with Crippen molar-refractivity contribution < 1.29 is 4.79 Å². The number of aryl methyl sites for hydroxylation is 2. The number of hydrogen-bond acceptors (Lipinski definition) is 3. The number of nitrogens with one attached hydrogen (secondary N) is 2. The fraction of sp³-hybridized carbons (Fsp3) is 0.261. The van der Waals surface area contributed by atoms with E-state index in [1.807, 2.05) is 55.1 Å². The van der Waals surface area contributed by atoms with Gasteiger partial charge in [-0.15, -0.1) is 0 Å². The Bertz CT molecular complexity index is 1190. The van der Waals surface area contributed by atoms with Crippen LogP contribution in [0.2, 0.25) is 0 Å². The van der Waals surface area contributed by atoms with Gasteiger partial charge in [-0.2, -0.15) is 5.26 Å². The van der Waals surface area contributed by atoms with Gasteiger partial charge in [0.15, 0.2) is 0 Å². The van der Waals surface area contributed by atoms with Crippen LogP contribution in [0.25, 0.3) is 11.3 Å². The average Bonchev–Trinajstić information content (AvgIpc) is 3.00. The van der Waals surface area contributed by atoms with Gasteiger partial charge in [0.05, 0.1) is 17.3 Å². The Labute approximate surface area is 168 Å². The maximum Gasteiger partial charge on any atom is 0.267 e. The van der Waals surface area contributed by atoms with Crippen LogP contribution in [0, 0.1) is 32.1 Å². The molecule has 0 radical (unpaired) electrons. The fourth-order valence-corrected chi connectivity index (χ4v) is 3.90. The molecule has 146 valence electrons. The second kappa shape index (κ2) is 7.10. The molecule has 29 heavy (non-hydrogen) atoms. The highest BCUT2D eigenvalue weighted by atomic mass is 16.2. The van der Waals surface area contributed by atoms with Gasteiger partial charge in [0, 0.05) is 35.7 Å². The number of carbonyl (C=O) groups is 1. The van der Waals surface area contributed by atoms with Gasteiger partial charge in [-0.05, 0) is 55.7 Å². The third-order valence-electron chi connectivity index (χ3n) is 5.77. The third kappa shape index (κ3) is 3.25. The molecule has 2 N–H and O–H groups in total. The van der Waals surface area contributed by atoms with Gasteiger partial charge in [0.1, 0.15) is 0 Å². The molecule has 3 aromatic rings. The summed E-state index contributed by atoms with van der Waals surface area (Å²) in [5, 5.41) is 14.5. The van der Waals surface area contributed by atoms with E-state index >= 15 is 0 Å². The lowest BCUT2D eigenvalue weighted by Gasteiger charge is -2.40. The molecule has 1 amide bonds. The van der Waals surface area contributed by atoms with Gasteiger partial charge in [-0.3, -0.25) is 19.8 Å². The summed E-state index contributed by atoms with van der Waals surface area (Å²) < 4.78 is 0. The summed E-state index contributed by atoms with van der Waals surface area (Å²) in [6, 6.07) is 13.6. The van der Waals surface area contributed by atoms with Crippen molar-refractivity contribution in [3.63, 3.8) is 0 Å². The van der Waals surface area contributed by atoms with Crippen molar-refractivity contribution in [3.8, 4) is 17.3 Å². The number of rotatable bonds is 3. The second-order valence-electron chi connectivity index (χ2n) is 7.70. The number of aromatic nitrogens is 2. The molecule has 2 heterocycles. The minimum absolute atomic E-state index is 0.00387. The predicted octanol–water partition coefficient (Wildman–Crippen LogP) is 3.41. The number of H-pyrrole nitrogens is 2. The first kappa shape index (κ1) is 18.8. The molecule has 0 spiro atoms. The lowest BCUT2D eigenvalue weighted by molar-refractivity contribution is 0.0601. The van der Waals surface area contributed by atoms with E-state index in [-0.39, 0.29) is 11.5 Å². The van der Waals surface area contributed by atoms with Crippen LogP contribution in [-0.4, -0.2) is 34.1 Å². The summed E-state index contributed by atoms with van der Waals surface area (Å²) in [5.74, 6) is 0.296. The van der Waals surface area contributed by atoms with Crippen LogP contribution >= 0.6 is 0 Å². The van der Waals surface area contributed by atoms with Crippen molar-refractivity contribution in [2.45, 2.75) is 26.7 Å². The Kier molecular flexibility index (Phi) is 4.59.